The molecule has 1 fully saturated rings. The van der Waals surface area contributed by atoms with E-state index in [1.807, 2.05) is 0 Å². The topological polar surface area (TPSA) is 62.4 Å². The molecule has 88 valence electrons. The average molecular weight is 242 g/mol. The number of nitrogen functional groups attached to an aromatic ring is 1. The van der Waals surface area contributed by atoms with Crippen LogP contribution in [0, 0.1) is 5.92 Å². The molecule has 1 aliphatic heterocycles. The number of aliphatic hydroxyl groups excluding tert-OH is 1. The van der Waals surface area contributed by atoms with Gasteiger partial charge in [-0.25, -0.2) is 4.98 Å². The van der Waals surface area contributed by atoms with Gasteiger partial charge in [0.2, 0.25) is 0 Å². The molecule has 1 aliphatic rings. The number of pyridine rings is 1. The number of nitrogens with two attached hydrogens (primary N) is 1. The Hall–Kier alpha value is -1.00. The number of piperidine rings is 1. The van der Waals surface area contributed by atoms with Gasteiger partial charge >= 0.3 is 0 Å². The van der Waals surface area contributed by atoms with Gasteiger partial charge in [-0.2, -0.15) is 0 Å². The molecule has 0 spiro atoms. The Balaban J connectivity index is 2.16. The smallest absolute Gasteiger partial charge is 0.147 e. The van der Waals surface area contributed by atoms with Crippen molar-refractivity contribution in [2.24, 2.45) is 5.92 Å². The van der Waals surface area contributed by atoms with Crippen LogP contribution in [0.5, 0.6) is 0 Å². The molecule has 1 unspecified atom stereocenters. The normalized spacial score (nSPS) is 21.1. The van der Waals surface area contributed by atoms with E-state index in [1.54, 1.807) is 12.3 Å². The van der Waals surface area contributed by atoms with Crippen molar-refractivity contribution >= 4 is 23.1 Å². The van der Waals surface area contributed by atoms with Crippen LogP contribution in [-0.4, -0.2) is 29.8 Å². The van der Waals surface area contributed by atoms with Crippen molar-refractivity contribution in [3.8, 4) is 0 Å². The van der Waals surface area contributed by atoms with E-state index in [9.17, 15) is 0 Å². The summed E-state index contributed by atoms with van der Waals surface area (Å²) in [5.74, 6) is 1.10. The van der Waals surface area contributed by atoms with Crippen molar-refractivity contribution in [1.29, 1.82) is 0 Å². The zero-order valence-electron chi connectivity index (χ0n) is 9.06. The highest BCUT2D eigenvalue weighted by molar-refractivity contribution is 6.33. The second-order valence-corrected chi connectivity index (χ2v) is 4.62. The summed E-state index contributed by atoms with van der Waals surface area (Å²) in [7, 11) is 0. The Bertz CT molecular complexity index is 372. The van der Waals surface area contributed by atoms with Crippen LogP contribution in [0.25, 0.3) is 0 Å². The Kier molecular flexibility index (Phi) is 3.51. The van der Waals surface area contributed by atoms with E-state index in [2.05, 4.69) is 9.88 Å². The highest BCUT2D eigenvalue weighted by atomic mass is 35.5. The second kappa shape index (κ2) is 4.89. The number of aliphatic hydroxyl groups is 1. The summed E-state index contributed by atoms with van der Waals surface area (Å²) in [6.07, 6.45) is 3.75. The Labute approximate surface area is 100 Å². The minimum atomic E-state index is 0.225. The summed E-state index contributed by atoms with van der Waals surface area (Å²) in [5.41, 5.74) is 6.18. The van der Waals surface area contributed by atoms with Gasteiger partial charge < -0.3 is 15.7 Å². The van der Waals surface area contributed by atoms with E-state index >= 15 is 0 Å². The summed E-state index contributed by atoms with van der Waals surface area (Å²) in [6, 6.07) is 1.71. The number of halogens is 1. The lowest BCUT2D eigenvalue weighted by Crippen LogP contribution is -2.37. The number of aromatic nitrogens is 1. The van der Waals surface area contributed by atoms with Gasteiger partial charge in [0.1, 0.15) is 5.82 Å². The van der Waals surface area contributed by atoms with Gasteiger partial charge in [0, 0.05) is 19.7 Å². The number of rotatable bonds is 2. The molecule has 0 bridgehead atoms. The zero-order valence-corrected chi connectivity index (χ0v) is 9.82. The molecular formula is C11H16ClN3O. The molecule has 16 heavy (non-hydrogen) atoms. The fraction of sp³-hybridized carbons (Fsp3) is 0.545. The minimum Gasteiger partial charge on any atom is -0.397 e. The molecule has 0 amide bonds. The van der Waals surface area contributed by atoms with E-state index in [0.29, 0.717) is 16.6 Å². The van der Waals surface area contributed by atoms with Crippen LogP contribution in [0.2, 0.25) is 5.02 Å². The highest BCUT2D eigenvalue weighted by Gasteiger charge is 2.21. The molecular weight excluding hydrogens is 226 g/mol. The molecule has 1 aromatic rings. The van der Waals surface area contributed by atoms with E-state index in [4.69, 9.17) is 22.4 Å². The molecule has 1 aromatic heterocycles. The van der Waals surface area contributed by atoms with Crippen molar-refractivity contribution in [2.45, 2.75) is 12.8 Å². The van der Waals surface area contributed by atoms with E-state index in [0.717, 1.165) is 31.7 Å². The summed E-state index contributed by atoms with van der Waals surface area (Å²) >= 11 is 6.11. The van der Waals surface area contributed by atoms with Crippen LogP contribution in [0.15, 0.2) is 12.3 Å². The zero-order chi connectivity index (χ0) is 11.5. The van der Waals surface area contributed by atoms with Crippen molar-refractivity contribution in [2.75, 3.05) is 30.3 Å². The molecule has 4 nitrogen and oxygen atoms in total. The Morgan fingerprint density at radius 2 is 2.44 bits per heavy atom. The van der Waals surface area contributed by atoms with Crippen LogP contribution in [0.1, 0.15) is 12.8 Å². The predicted octanol–water partition coefficient (Wildman–Crippen LogP) is 1.53. The van der Waals surface area contributed by atoms with Crippen LogP contribution >= 0.6 is 11.6 Å². The number of anilines is 2. The first-order valence-corrected chi connectivity index (χ1v) is 5.85. The lowest BCUT2D eigenvalue weighted by molar-refractivity contribution is 0.208. The fourth-order valence-electron chi connectivity index (χ4n) is 2.08. The number of hydrogen-bond donors (Lipinski definition) is 2. The van der Waals surface area contributed by atoms with Gasteiger partial charge in [-0.3, -0.25) is 0 Å². The maximum Gasteiger partial charge on any atom is 0.147 e. The van der Waals surface area contributed by atoms with E-state index in [-0.39, 0.29) is 6.61 Å². The molecule has 0 radical (unpaired) electrons. The van der Waals surface area contributed by atoms with Crippen molar-refractivity contribution in [1.82, 2.24) is 4.98 Å². The first-order valence-electron chi connectivity index (χ1n) is 5.47. The van der Waals surface area contributed by atoms with Gasteiger partial charge in [-0.15, -0.1) is 0 Å². The maximum absolute atomic E-state index is 9.17. The van der Waals surface area contributed by atoms with Gasteiger partial charge in [0.25, 0.3) is 0 Å². The van der Waals surface area contributed by atoms with Gasteiger partial charge in [0.05, 0.1) is 16.9 Å². The SMILES string of the molecule is Nc1cnc(N2CCCC(CO)C2)c(Cl)c1. The number of nitrogens with zero attached hydrogens (tertiary/aromatic N) is 2. The standard InChI is InChI=1S/C11H16ClN3O/c12-10-4-9(13)5-14-11(10)15-3-1-2-8(6-15)7-16/h4-5,8,16H,1-3,6-7,13H2. The van der Waals surface area contributed by atoms with Crippen LogP contribution in [0.4, 0.5) is 11.5 Å². The van der Waals surface area contributed by atoms with Gasteiger partial charge in [0.15, 0.2) is 0 Å². The molecule has 2 rings (SSSR count). The monoisotopic (exact) mass is 241 g/mol. The van der Waals surface area contributed by atoms with Crippen LogP contribution < -0.4 is 10.6 Å². The fourth-order valence-corrected chi connectivity index (χ4v) is 2.38. The van der Waals surface area contributed by atoms with Crippen molar-refractivity contribution in [3.05, 3.63) is 17.3 Å². The molecule has 1 saturated heterocycles. The van der Waals surface area contributed by atoms with E-state index in [1.165, 1.54) is 0 Å². The third-order valence-corrected chi connectivity index (χ3v) is 3.20. The van der Waals surface area contributed by atoms with Gasteiger partial charge in [-0.1, -0.05) is 11.6 Å². The lowest BCUT2D eigenvalue weighted by Gasteiger charge is -2.33. The third-order valence-electron chi connectivity index (χ3n) is 2.92. The summed E-state index contributed by atoms with van der Waals surface area (Å²) < 4.78 is 0. The summed E-state index contributed by atoms with van der Waals surface area (Å²) in [6.45, 7) is 1.98. The van der Waals surface area contributed by atoms with E-state index < -0.39 is 0 Å². The quantitative estimate of drug-likeness (QED) is 0.824. The lowest BCUT2D eigenvalue weighted by atomic mass is 9.99. The van der Waals surface area contributed by atoms with Crippen LogP contribution in [-0.2, 0) is 0 Å². The largest absolute Gasteiger partial charge is 0.397 e. The summed E-state index contributed by atoms with van der Waals surface area (Å²) in [4.78, 5) is 6.37. The van der Waals surface area contributed by atoms with Crippen molar-refractivity contribution in [3.63, 3.8) is 0 Å². The minimum absolute atomic E-state index is 0.225. The average Bonchev–Trinajstić information content (AvgIpc) is 2.29. The highest BCUT2D eigenvalue weighted by Crippen LogP contribution is 2.28. The number of hydrogen-bond acceptors (Lipinski definition) is 4. The molecule has 2 heterocycles. The van der Waals surface area contributed by atoms with Crippen LogP contribution in [0.3, 0.4) is 0 Å². The Morgan fingerprint density at radius 3 is 3.12 bits per heavy atom. The maximum atomic E-state index is 9.17. The predicted molar refractivity (Wildman–Crippen MR) is 65.7 cm³/mol. The first kappa shape index (κ1) is 11.5. The molecule has 3 N–H and O–H groups in total. The molecule has 0 aliphatic carbocycles. The molecule has 5 heteroatoms. The second-order valence-electron chi connectivity index (χ2n) is 4.21. The molecule has 1 atom stereocenters. The molecule has 0 aromatic carbocycles. The van der Waals surface area contributed by atoms with Gasteiger partial charge in [-0.05, 0) is 24.8 Å². The first-order chi connectivity index (χ1) is 7.70. The van der Waals surface area contributed by atoms with Crippen molar-refractivity contribution < 1.29 is 5.11 Å². The third kappa shape index (κ3) is 2.39. The summed E-state index contributed by atoms with van der Waals surface area (Å²) in [5, 5.41) is 9.75. The Morgan fingerprint density at radius 1 is 1.62 bits per heavy atom. The molecule has 0 saturated carbocycles.